The minimum atomic E-state index is 0.169. The van der Waals surface area contributed by atoms with Gasteiger partial charge in [-0.1, -0.05) is 0 Å². The summed E-state index contributed by atoms with van der Waals surface area (Å²) in [4.78, 5) is 8.49. The molecular formula is C16H25N5. The summed E-state index contributed by atoms with van der Waals surface area (Å²) < 4.78 is 2.09. The van der Waals surface area contributed by atoms with E-state index >= 15 is 0 Å². The van der Waals surface area contributed by atoms with Gasteiger partial charge in [0.15, 0.2) is 5.65 Å². The zero-order valence-electron chi connectivity index (χ0n) is 13.3. The number of rotatable bonds is 3. The molecule has 3 heterocycles. The van der Waals surface area contributed by atoms with E-state index in [-0.39, 0.29) is 11.1 Å². The highest BCUT2D eigenvalue weighted by molar-refractivity contribution is 5.36. The van der Waals surface area contributed by atoms with Crippen molar-refractivity contribution in [3.8, 4) is 0 Å². The molecule has 3 rings (SSSR count). The molecule has 2 aromatic rings. The lowest BCUT2D eigenvalue weighted by Crippen LogP contribution is -2.61. The Bertz CT molecular complexity index is 612. The first-order valence-electron chi connectivity index (χ1n) is 7.63. The van der Waals surface area contributed by atoms with Crippen LogP contribution in [0.4, 0.5) is 0 Å². The van der Waals surface area contributed by atoms with E-state index in [1.807, 2.05) is 12.4 Å². The quantitative estimate of drug-likeness (QED) is 0.908. The zero-order chi connectivity index (χ0) is 15.1. The molecule has 5 heteroatoms. The zero-order valence-corrected chi connectivity index (χ0v) is 13.3. The molecule has 2 aromatic heterocycles. The maximum absolute atomic E-state index is 4.39. The molecule has 1 aliphatic heterocycles. The van der Waals surface area contributed by atoms with E-state index in [1.165, 1.54) is 5.69 Å². The van der Waals surface area contributed by atoms with Crippen molar-refractivity contribution >= 4 is 5.65 Å². The van der Waals surface area contributed by atoms with Gasteiger partial charge in [-0.25, -0.2) is 4.98 Å². The third-order valence-electron chi connectivity index (χ3n) is 4.16. The lowest BCUT2D eigenvalue weighted by Gasteiger charge is -2.46. The molecule has 0 spiro atoms. The topological polar surface area (TPSA) is 54.2 Å². The van der Waals surface area contributed by atoms with Gasteiger partial charge in [-0.05, 0) is 40.5 Å². The molecule has 21 heavy (non-hydrogen) atoms. The van der Waals surface area contributed by atoms with Crippen molar-refractivity contribution in [2.24, 2.45) is 0 Å². The van der Waals surface area contributed by atoms with Gasteiger partial charge in [-0.2, -0.15) is 0 Å². The number of nitrogens with zero attached hydrogens (tertiary/aromatic N) is 3. The number of piperidine rings is 1. The van der Waals surface area contributed by atoms with Gasteiger partial charge in [0.05, 0.1) is 18.1 Å². The van der Waals surface area contributed by atoms with Gasteiger partial charge in [0.25, 0.3) is 0 Å². The lowest BCUT2D eigenvalue weighted by atomic mass is 9.79. The Labute approximate surface area is 126 Å². The fourth-order valence-corrected chi connectivity index (χ4v) is 3.74. The maximum Gasteiger partial charge on any atom is 0.155 e. The Morgan fingerprint density at radius 2 is 1.95 bits per heavy atom. The van der Waals surface area contributed by atoms with Gasteiger partial charge in [0.1, 0.15) is 0 Å². The third-order valence-corrected chi connectivity index (χ3v) is 4.16. The Morgan fingerprint density at radius 3 is 2.67 bits per heavy atom. The van der Waals surface area contributed by atoms with E-state index < -0.39 is 0 Å². The summed E-state index contributed by atoms with van der Waals surface area (Å²) in [6, 6.07) is 0.517. The highest BCUT2D eigenvalue weighted by Crippen LogP contribution is 2.28. The fraction of sp³-hybridized carbons (Fsp3) is 0.625. The van der Waals surface area contributed by atoms with Gasteiger partial charge in [-0.15, -0.1) is 0 Å². The summed E-state index contributed by atoms with van der Waals surface area (Å²) in [5, 5.41) is 7.43. The molecule has 2 N–H and O–H groups in total. The predicted molar refractivity (Wildman–Crippen MR) is 84.1 cm³/mol. The lowest BCUT2D eigenvalue weighted by molar-refractivity contribution is 0.145. The second-order valence-electron chi connectivity index (χ2n) is 7.43. The van der Waals surface area contributed by atoms with Crippen LogP contribution >= 0.6 is 0 Å². The molecule has 0 bridgehead atoms. The van der Waals surface area contributed by atoms with Gasteiger partial charge in [0.2, 0.25) is 0 Å². The number of hydrogen-bond donors (Lipinski definition) is 2. The molecule has 0 unspecified atom stereocenters. The largest absolute Gasteiger partial charge is 0.308 e. The second-order valence-corrected chi connectivity index (χ2v) is 7.43. The van der Waals surface area contributed by atoms with Gasteiger partial charge >= 0.3 is 0 Å². The van der Waals surface area contributed by atoms with Crippen molar-refractivity contribution in [3.63, 3.8) is 0 Å². The van der Waals surface area contributed by atoms with Crippen LogP contribution in [0.5, 0.6) is 0 Å². The Balaban J connectivity index is 1.70. The summed E-state index contributed by atoms with van der Waals surface area (Å²) in [5.74, 6) is 0. The SMILES string of the molecule is CC1(C)CC(NCc2cnc3cnccn23)CC(C)(C)N1. The summed E-state index contributed by atoms with van der Waals surface area (Å²) in [6.07, 6.45) is 9.76. The summed E-state index contributed by atoms with van der Waals surface area (Å²) in [5.41, 5.74) is 2.42. The van der Waals surface area contributed by atoms with Crippen molar-refractivity contribution < 1.29 is 0 Å². The van der Waals surface area contributed by atoms with Gasteiger partial charge < -0.3 is 10.6 Å². The van der Waals surface area contributed by atoms with Crippen LogP contribution in [0, 0.1) is 0 Å². The van der Waals surface area contributed by atoms with E-state index in [1.54, 1.807) is 12.4 Å². The first-order chi connectivity index (χ1) is 9.85. The molecule has 0 atom stereocenters. The van der Waals surface area contributed by atoms with Crippen molar-refractivity contribution in [3.05, 3.63) is 30.5 Å². The highest BCUT2D eigenvalue weighted by Gasteiger charge is 2.37. The number of fused-ring (bicyclic) bond motifs is 1. The van der Waals surface area contributed by atoms with E-state index in [9.17, 15) is 0 Å². The van der Waals surface area contributed by atoms with Crippen LogP contribution in [0.1, 0.15) is 46.2 Å². The fourth-order valence-electron chi connectivity index (χ4n) is 3.74. The number of nitrogens with one attached hydrogen (secondary N) is 2. The first kappa shape index (κ1) is 14.5. The van der Waals surface area contributed by atoms with Crippen LogP contribution in [-0.4, -0.2) is 31.5 Å². The molecule has 0 amide bonds. The smallest absolute Gasteiger partial charge is 0.155 e. The molecule has 1 fully saturated rings. The molecule has 0 radical (unpaired) electrons. The molecule has 0 aromatic carbocycles. The normalized spacial score (nSPS) is 21.7. The summed E-state index contributed by atoms with van der Waals surface area (Å²) in [6.45, 7) is 9.96. The van der Waals surface area contributed by atoms with Crippen LogP contribution in [0.25, 0.3) is 5.65 Å². The van der Waals surface area contributed by atoms with E-state index in [0.717, 1.165) is 25.0 Å². The van der Waals surface area contributed by atoms with Crippen molar-refractivity contribution in [2.75, 3.05) is 0 Å². The number of hydrogen-bond acceptors (Lipinski definition) is 4. The van der Waals surface area contributed by atoms with Crippen LogP contribution in [0.15, 0.2) is 24.8 Å². The van der Waals surface area contributed by atoms with Crippen LogP contribution in [0.3, 0.4) is 0 Å². The predicted octanol–water partition coefficient (Wildman–Crippen LogP) is 2.13. The number of imidazole rings is 1. The Morgan fingerprint density at radius 1 is 1.24 bits per heavy atom. The highest BCUT2D eigenvalue weighted by atomic mass is 15.1. The van der Waals surface area contributed by atoms with Gasteiger partial charge in [-0.3, -0.25) is 9.38 Å². The third kappa shape index (κ3) is 3.24. The second kappa shape index (κ2) is 5.07. The first-order valence-corrected chi connectivity index (χ1v) is 7.63. The average Bonchev–Trinajstić information content (AvgIpc) is 2.76. The van der Waals surface area contributed by atoms with Crippen molar-refractivity contribution in [2.45, 2.75) is 64.2 Å². The van der Waals surface area contributed by atoms with E-state index in [4.69, 9.17) is 0 Å². The van der Waals surface area contributed by atoms with E-state index in [2.05, 4.69) is 52.7 Å². The number of aromatic nitrogens is 3. The molecule has 0 saturated carbocycles. The van der Waals surface area contributed by atoms with E-state index in [0.29, 0.717) is 6.04 Å². The van der Waals surface area contributed by atoms with Crippen molar-refractivity contribution in [1.82, 2.24) is 25.0 Å². The van der Waals surface area contributed by atoms with Crippen LogP contribution < -0.4 is 10.6 Å². The standard InChI is InChI=1S/C16H25N5/c1-15(2)7-12(8-16(3,4)20-15)18-9-13-10-19-14-11-17-5-6-21(13)14/h5-6,10-12,18,20H,7-9H2,1-4H3. The Hall–Kier alpha value is -1.46. The minimum absolute atomic E-state index is 0.169. The Kier molecular flexibility index (Phi) is 3.50. The monoisotopic (exact) mass is 287 g/mol. The molecule has 1 aliphatic rings. The van der Waals surface area contributed by atoms with Crippen molar-refractivity contribution in [1.29, 1.82) is 0 Å². The van der Waals surface area contributed by atoms with Crippen LogP contribution in [0.2, 0.25) is 0 Å². The van der Waals surface area contributed by atoms with Crippen LogP contribution in [-0.2, 0) is 6.54 Å². The molecule has 0 aliphatic carbocycles. The summed E-state index contributed by atoms with van der Waals surface area (Å²) in [7, 11) is 0. The molecule has 5 nitrogen and oxygen atoms in total. The summed E-state index contributed by atoms with van der Waals surface area (Å²) >= 11 is 0. The minimum Gasteiger partial charge on any atom is -0.308 e. The molecular weight excluding hydrogens is 262 g/mol. The molecule has 114 valence electrons. The average molecular weight is 287 g/mol. The molecule has 1 saturated heterocycles. The van der Waals surface area contributed by atoms with Gasteiger partial charge in [0, 0.05) is 36.1 Å². The maximum atomic E-state index is 4.39.